The molecule has 1 heterocycles. The van der Waals surface area contributed by atoms with Crippen molar-refractivity contribution in [3.63, 3.8) is 0 Å². The van der Waals surface area contributed by atoms with Crippen LogP contribution in [-0.4, -0.2) is 48.4 Å². The van der Waals surface area contributed by atoms with Gasteiger partial charge >= 0.3 is 11.9 Å². The topological polar surface area (TPSA) is 84.9 Å². The number of esters is 2. The van der Waals surface area contributed by atoms with Gasteiger partial charge in [-0.1, -0.05) is 55.8 Å². The first kappa shape index (κ1) is 27.0. The Kier molecular flexibility index (Phi) is 6.94. The summed E-state index contributed by atoms with van der Waals surface area (Å²) in [5, 5.41) is 14.6. The second kappa shape index (κ2) is 10.0. The SMILES string of the molecule is COC(=O)[C@H](O)C[C@H]1N[C@@H]2[C@@H](C[C@H]3[C@@H]4CC=C5C[C@@H](OC(C)=O)CC[C@]5(C)[C@H]4CC[C@]23C)[C@@H]1c1ccccc1. The molecule has 3 saturated carbocycles. The molecule has 39 heavy (non-hydrogen) atoms. The third-order valence-corrected chi connectivity index (χ3v) is 11.9. The van der Waals surface area contributed by atoms with E-state index in [1.165, 1.54) is 44.4 Å². The van der Waals surface area contributed by atoms with Crippen LogP contribution in [0.1, 0.15) is 83.6 Å². The first-order chi connectivity index (χ1) is 18.7. The molecule has 212 valence electrons. The van der Waals surface area contributed by atoms with E-state index in [4.69, 9.17) is 9.47 Å². The van der Waals surface area contributed by atoms with Crippen molar-refractivity contribution in [2.45, 2.75) is 102 Å². The molecule has 6 nitrogen and oxygen atoms in total. The van der Waals surface area contributed by atoms with Crippen LogP contribution in [-0.2, 0) is 19.1 Å². The standard InChI is InChI=1S/C33H45NO5/c1-19(35)39-22-12-14-32(2)21(16-22)10-11-23-25(32)13-15-33(3)26(23)17-24-29(20-8-6-5-7-9-20)27(34-30(24)33)18-28(36)31(37)38-4/h5-10,22-30,34,36H,11-18H2,1-4H3/t22-,23+,24-,25-,26-,27+,28+,29-,30+,32-,33-/m0/s1. The predicted molar refractivity (Wildman–Crippen MR) is 149 cm³/mol. The first-order valence-electron chi connectivity index (χ1n) is 15.1. The second-order valence-corrected chi connectivity index (χ2v) is 13.6. The van der Waals surface area contributed by atoms with Gasteiger partial charge in [0.05, 0.1) is 7.11 Å². The van der Waals surface area contributed by atoms with Crippen molar-refractivity contribution in [3.8, 4) is 0 Å². The quantitative estimate of drug-likeness (QED) is 0.401. The molecule has 6 rings (SSSR count). The van der Waals surface area contributed by atoms with E-state index in [1.807, 2.05) is 0 Å². The molecule has 0 spiro atoms. The van der Waals surface area contributed by atoms with Crippen LogP contribution in [0, 0.1) is 34.5 Å². The molecule has 6 heteroatoms. The molecule has 4 aliphatic carbocycles. The molecule has 0 radical (unpaired) electrons. The highest BCUT2D eigenvalue weighted by atomic mass is 16.5. The van der Waals surface area contributed by atoms with Gasteiger partial charge in [0.25, 0.3) is 0 Å². The zero-order chi connectivity index (χ0) is 27.5. The fourth-order valence-electron chi connectivity index (χ4n) is 10.2. The fourth-order valence-corrected chi connectivity index (χ4v) is 10.2. The highest BCUT2D eigenvalue weighted by Gasteiger charge is 2.65. The van der Waals surface area contributed by atoms with Gasteiger partial charge in [0, 0.05) is 37.8 Å². The number of nitrogens with one attached hydrogen (secondary N) is 1. The van der Waals surface area contributed by atoms with Crippen molar-refractivity contribution < 1.29 is 24.2 Å². The van der Waals surface area contributed by atoms with Gasteiger partial charge in [0.1, 0.15) is 6.10 Å². The molecule has 1 aromatic carbocycles. The van der Waals surface area contributed by atoms with Crippen LogP contribution in [0.5, 0.6) is 0 Å². The van der Waals surface area contributed by atoms with Gasteiger partial charge in [-0.05, 0) is 78.6 Å². The summed E-state index contributed by atoms with van der Waals surface area (Å²) < 4.78 is 10.5. The number of methoxy groups -OCH3 is 1. The van der Waals surface area contributed by atoms with E-state index >= 15 is 0 Å². The number of hydrogen-bond acceptors (Lipinski definition) is 6. The average Bonchev–Trinajstić information content (AvgIpc) is 3.41. The van der Waals surface area contributed by atoms with Gasteiger partial charge in [-0.15, -0.1) is 0 Å². The van der Waals surface area contributed by atoms with Crippen LogP contribution < -0.4 is 5.32 Å². The number of fused-ring (bicyclic) bond motifs is 7. The van der Waals surface area contributed by atoms with E-state index in [9.17, 15) is 14.7 Å². The monoisotopic (exact) mass is 535 g/mol. The van der Waals surface area contributed by atoms with Crippen molar-refractivity contribution in [2.24, 2.45) is 34.5 Å². The van der Waals surface area contributed by atoms with E-state index < -0.39 is 12.1 Å². The van der Waals surface area contributed by atoms with Crippen LogP contribution >= 0.6 is 0 Å². The van der Waals surface area contributed by atoms with Gasteiger partial charge in [0.2, 0.25) is 0 Å². The lowest BCUT2D eigenvalue weighted by atomic mass is 9.48. The van der Waals surface area contributed by atoms with Crippen LogP contribution in [0.4, 0.5) is 0 Å². The smallest absolute Gasteiger partial charge is 0.334 e. The van der Waals surface area contributed by atoms with Crippen molar-refractivity contribution in [3.05, 3.63) is 47.5 Å². The number of aliphatic hydroxyl groups excluding tert-OH is 1. The molecule has 1 aliphatic heterocycles. The zero-order valence-electron chi connectivity index (χ0n) is 23.9. The maximum absolute atomic E-state index is 12.1. The van der Waals surface area contributed by atoms with Gasteiger partial charge < -0.3 is 19.9 Å². The summed E-state index contributed by atoms with van der Waals surface area (Å²) in [6.07, 6.45) is 9.54. The average molecular weight is 536 g/mol. The number of ether oxygens (including phenoxy) is 2. The Morgan fingerprint density at radius 3 is 2.59 bits per heavy atom. The normalized spacial score (nSPS) is 43.3. The van der Waals surface area contributed by atoms with Crippen LogP contribution in [0.25, 0.3) is 0 Å². The van der Waals surface area contributed by atoms with Crippen LogP contribution in [0.15, 0.2) is 42.0 Å². The van der Waals surface area contributed by atoms with Crippen molar-refractivity contribution >= 4 is 11.9 Å². The molecule has 1 aromatic rings. The highest BCUT2D eigenvalue weighted by molar-refractivity contribution is 5.74. The minimum atomic E-state index is -1.11. The number of aliphatic hydroxyl groups is 1. The molecule has 1 saturated heterocycles. The summed E-state index contributed by atoms with van der Waals surface area (Å²) in [5.41, 5.74) is 3.23. The van der Waals surface area contributed by atoms with Crippen molar-refractivity contribution in [1.29, 1.82) is 0 Å². The molecule has 4 fully saturated rings. The van der Waals surface area contributed by atoms with Crippen molar-refractivity contribution in [2.75, 3.05) is 7.11 Å². The lowest BCUT2D eigenvalue weighted by Crippen LogP contribution is -2.53. The molecule has 0 aromatic heterocycles. The molecule has 2 N–H and O–H groups in total. The number of benzene rings is 1. The molecule has 0 unspecified atom stereocenters. The van der Waals surface area contributed by atoms with E-state index in [0.717, 1.165) is 25.7 Å². The van der Waals surface area contributed by atoms with E-state index in [0.29, 0.717) is 36.1 Å². The van der Waals surface area contributed by atoms with Crippen molar-refractivity contribution in [1.82, 2.24) is 5.32 Å². The number of carbonyl (C=O) groups is 2. The third kappa shape index (κ3) is 4.37. The number of rotatable bonds is 5. The molecular weight excluding hydrogens is 490 g/mol. The van der Waals surface area contributed by atoms with Crippen LogP contribution in [0.3, 0.4) is 0 Å². The minimum Gasteiger partial charge on any atom is -0.467 e. The lowest BCUT2D eigenvalue weighted by molar-refractivity contribution is -0.151. The van der Waals surface area contributed by atoms with E-state index in [2.05, 4.69) is 55.6 Å². The van der Waals surface area contributed by atoms with Gasteiger partial charge in [-0.25, -0.2) is 4.79 Å². The molecule has 11 atom stereocenters. The second-order valence-electron chi connectivity index (χ2n) is 13.6. The summed E-state index contributed by atoms with van der Waals surface area (Å²) in [4.78, 5) is 23.7. The Labute approximate surface area is 232 Å². The van der Waals surface area contributed by atoms with Crippen LogP contribution in [0.2, 0.25) is 0 Å². The maximum atomic E-state index is 12.1. The lowest BCUT2D eigenvalue weighted by Gasteiger charge is -2.58. The zero-order valence-corrected chi connectivity index (χ0v) is 23.9. The number of carbonyl (C=O) groups excluding carboxylic acids is 2. The maximum Gasteiger partial charge on any atom is 0.334 e. The first-order valence-corrected chi connectivity index (χ1v) is 15.1. The molecule has 0 bridgehead atoms. The van der Waals surface area contributed by atoms with Gasteiger partial charge in [-0.2, -0.15) is 0 Å². The molecule has 0 amide bonds. The summed E-state index contributed by atoms with van der Waals surface area (Å²) >= 11 is 0. The predicted octanol–water partition coefficient (Wildman–Crippen LogP) is 5.16. The summed E-state index contributed by atoms with van der Waals surface area (Å²) in [7, 11) is 1.34. The Morgan fingerprint density at radius 2 is 1.87 bits per heavy atom. The molecular formula is C33H45NO5. The summed E-state index contributed by atoms with van der Waals surface area (Å²) in [5.74, 6) is 2.03. The summed E-state index contributed by atoms with van der Waals surface area (Å²) in [6.45, 7) is 6.54. The largest absolute Gasteiger partial charge is 0.467 e. The van der Waals surface area contributed by atoms with Gasteiger partial charge in [-0.3, -0.25) is 4.79 Å². The highest BCUT2D eigenvalue weighted by Crippen LogP contribution is 2.68. The Balaban J connectivity index is 1.27. The third-order valence-electron chi connectivity index (χ3n) is 11.9. The Morgan fingerprint density at radius 1 is 1.10 bits per heavy atom. The van der Waals surface area contributed by atoms with Gasteiger partial charge in [0.15, 0.2) is 6.10 Å². The minimum absolute atomic E-state index is 0.0335. The molecule has 5 aliphatic rings. The summed E-state index contributed by atoms with van der Waals surface area (Å²) in [6, 6.07) is 11.1. The van der Waals surface area contributed by atoms with E-state index in [-0.39, 0.29) is 34.9 Å². The van der Waals surface area contributed by atoms with E-state index in [1.54, 1.807) is 0 Å². The Hall–Kier alpha value is -2.18. The Bertz CT molecular complexity index is 1130. The number of allylic oxidation sites excluding steroid dienone is 1. The fraction of sp³-hybridized carbons (Fsp3) is 0.697. The number of hydrogen-bond donors (Lipinski definition) is 2.